The monoisotopic (exact) mass is 388 g/mol. The molecule has 0 amide bonds. The summed E-state index contributed by atoms with van der Waals surface area (Å²) in [5, 5.41) is 6.54. The van der Waals surface area contributed by atoms with E-state index in [-0.39, 0.29) is 0 Å². The lowest BCUT2D eigenvalue weighted by Gasteiger charge is -2.13. The Morgan fingerprint density at radius 2 is 1.63 bits per heavy atom. The van der Waals surface area contributed by atoms with Crippen molar-refractivity contribution in [1.29, 1.82) is 0 Å². The average molecular weight is 389 g/mol. The fourth-order valence-corrected chi connectivity index (χ4v) is 3.44. The van der Waals surface area contributed by atoms with Crippen LogP contribution in [0.25, 0.3) is 0 Å². The van der Waals surface area contributed by atoms with Gasteiger partial charge in [-0.05, 0) is 36.1 Å². The molecule has 0 radical (unpaired) electrons. The fourth-order valence-electron chi connectivity index (χ4n) is 2.54. The van der Waals surface area contributed by atoms with Gasteiger partial charge in [-0.3, -0.25) is 4.99 Å². The van der Waals surface area contributed by atoms with E-state index in [2.05, 4.69) is 39.9 Å². The van der Waals surface area contributed by atoms with Crippen LogP contribution in [-0.4, -0.2) is 46.4 Å². The Kier molecular flexibility index (Phi) is 7.82. The number of nitrogens with one attached hydrogen (secondary N) is 2. The molecule has 7 heteroatoms. The van der Waals surface area contributed by atoms with Gasteiger partial charge in [0.15, 0.2) is 5.96 Å². The number of aliphatic imine (C=N–C) groups is 1. The molecule has 0 saturated heterocycles. The minimum atomic E-state index is -3.39. The molecule has 2 rings (SSSR count). The van der Waals surface area contributed by atoms with Gasteiger partial charge in [-0.25, -0.2) is 12.7 Å². The van der Waals surface area contributed by atoms with Crippen molar-refractivity contribution in [3.8, 4) is 0 Å². The smallest absolute Gasteiger partial charge is 0.242 e. The van der Waals surface area contributed by atoms with Gasteiger partial charge in [0.05, 0.1) is 4.90 Å². The number of aryl methyl sites for hydroxylation is 1. The Balaban J connectivity index is 1.78. The zero-order valence-electron chi connectivity index (χ0n) is 16.1. The summed E-state index contributed by atoms with van der Waals surface area (Å²) in [6.07, 6.45) is 2.04. The molecule has 2 aromatic rings. The topological polar surface area (TPSA) is 73.8 Å². The van der Waals surface area contributed by atoms with E-state index in [1.807, 2.05) is 18.2 Å². The number of hydrogen-bond donors (Lipinski definition) is 2. The van der Waals surface area contributed by atoms with Crippen molar-refractivity contribution in [2.75, 3.05) is 27.7 Å². The SMILES string of the molecule is CN=C(NCCCc1ccccc1)NCc1ccc(S(=O)(=O)N(C)C)cc1. The molecule has 0 heterocycles. The van der Waals surface area contributed by atoms with Crippen molar-refractivity contribution in [3.63, 3.8) is 0 Å². The molecule has 0 saturated carbocycles. The average Bonchev–Trinajstić information content (AvgIpc) is 2.68. The Labute approximate surface area is 162 Å². The van der Waals surface area contributed by atoms with E-state index in [1.165, 1.54) is 24.0 Å². The van der Waals surface area contributed by atoms with Gasteiger partial charge in [-0.15, -0.1) is 0 Å². The molecular weight excluding hydrogens is 360 g/mol. The lowest BCUT2D eigenvalue weighted by molar-refractivity contribution is 0.520. The molecule has 0 atom stereocenters. The predicted octanol–water partition coefficient (Wildman–Crippen LogP) is 2.23. The van der Waals surface area contributed by atoms with Crippen LogP contribution in [0, 0.1) is 0 Å². The molecule has 0 aliphatic carbocycles. The maximum atomic E-state index is 12.1. The molecule has 2 aromatic carbocycles. The maximum absolute atomic E-state index is 12.1. The van der Waals surface area contributed by atoms with Crippen molar-refractivity contribution < 1.29 is 8.42 Å². The molecular formula is C20H28N4O2S. The van der Waals surface area contributed by atoms with E-state index in [9.17, 15) is 8.42 Å². The van der Waals surface area contributed by atoms with E-state index in [1.54, 1.807) is 19.2 Å². The van der Waals surface area contributed by atoms with Gasteiger partial charge in [-0.1, -0.05) is 42.5 Å². The fraction of sp³-hybridized carbons (Fsp3) is 0.350. The van der Waals surface area contributed by atoms with Crippen LogP contribution in [0.4, 0.5) is 0 Å². The van der Waals surface area contributed by atoms with Gasteiger partial charge in [0.1, 0.15) is 0 Å². The van der Waals surface area contributed by atoms with Crippen molar-refractivity contribution in [2.45, 2.75) is 24.3 Å². The molecule has 27 heavy (non-hydrogen) atoms. The normalized spacial score (nSPS) is 12.2. The van der Waals surface area contributed by atoms with Crippen LogP contribution in [0.3, 0.4) is 0 Å². The van der Waals surface area contributed by atoms with Gasteiger partial charge >= 0.3 is 0 Å². The first-order chi connectivity index (χ1) is 12.9. The molecule has 0 aliphatic rings. The predicted molar refractivity (Wildman–Crippen MR) is 110 cm³/mol. The van der Waals surface area contributed by atoms with E-state index in [0.29, 0.717) is 11.4 Å². The van der Waals surface area contributed by atoms with Gasteiger partial charge in [0, 0.05) is 34.2 Å². The number of sulfonamides is 1. The zero-order chi connectivity index (χ0) is 19.7. The third-order valence-corrected chi connectivity index (χ3v) is 5.99. The Bertz CT molecular complexity index is 832. The van der Waals surface area contributed by atoms with Gasteiger partial charge in [0.25, 0.3) is 0 Å². The molecule has 0 aromatic heterocycles. The van der Waals surface area contributed by atoms with E-state index in [4.69, 9.17) is 0 Å². The first kappa shape index (κ1) is 20.9. The summed E-state index contributed by atoms with van der Waals surface area (Å²) in [6, 6.07) is 17.3. The molecule has 0 fully saturated rings. The minimum absolute atomic E-state index is 0.291. The first-order valence-corrected chi connectivity index (χ1v) is 10.4. The largest absolute Gasteiger partial charge is 0.356 e. The number of hydrogen-bond acceptors (Lipinski definition) is 3. The molecule has 0 aliphatic heterocycles. The number of guanidine groups is 1. The highest BCUT2D eigenvalue weighted by Crippen LogP contribution is 2.13. The Morgan fingerprint density at radius 3 is 2.22 bits per heavy atom. The van der Waals surface area contributed by atoms with E-state index >= 15 is 0 Å². The number of benzene rings is 2. The summed E-state index contributed by atoms with van der Waals surface area (Å²) in [6.45, 7) is 1.40. The molecule has 146 valence electrons. The first-order valence-electron chi connectivity index (χ1n) is 8.93. The number of rotatable bonds is 8. The third-order valence-electron chi connectivity index (χ3n) is 4.16. The van der Waals surface area contributed by atoms with Gasteiger partial charge in [-0.2, -0.15) is 0 Å². The minimum Gasteiger partial charge on any atom is -0.356 e. The summed E-state index contributed by atoms with van der Waals surface area (Å²) in [7, 11) is 1.40. The summed E-state index contributed by atoms with van der Waals surface area (Å²) >= 11 is 0. The summed E-state index contributed by atoms with van der Waals surface area (Å²) < 4.78 is 25.4. The number of nitrogens with zero attached hydrogens (tertiary/aromatic N) is 2. The molecule has 0 spiro atoms. The molecule has 6 nitrogen and oxygen atoms in total. The Morgan fingerprint density at radius 1 is 0.963 bits per heavy atom. The second kappa shape index (κ2) is 10.1. The standard InChI is InChI=1S/C20H28N4O2S/c1-21-20(22-15-7-10-17-8-5-4-6-9-17)23-16-18-11-13-19(14-12-18)27(25,26)24(2)3/h4-6,8-9,11-14H,7,10,15-16H2,1-3H3,(H2,21,22,23). The third kappa shape index (κ3) is 6.37. The van der Waals surface area contributed by atoms with E-state index < -0.39 is 10.0 Å². The highest BCUT2D eigenvalue weighted by atomic mass is 32.2. The van der Waals surface area contributed by atoms with Gasteiger partial charge in [0.2, 0.25) is 10.0 Å². The highest BCUT2D eigenvalue weighted by molar-refractivity contribution is 7.89. The lowest BCUT2D eigenvalue weighted by atomic mass is 10.1. The molecule has 0 unspecified atom stereocenters. The van der Waals surface area contributed by atoms with Gasteiger partial charge < -0.3 is 10.6 Å². The molecule has 2 N–H and O–H groups in total. The molecule has 0 bridgehead atoms. The van der Waals surface area contributed by atoms with Crippen LogP contribution in [0.2, 0.25) is 0 Å². The Hall–Kier alpha value is -2.38. The highest BCUT2D eigenvalue weighted by Gasteiger charge is 2.16. The zero-order valence-corrected chi connectivity index (χ0v) is 17.0. The summed E-state index contributed by atoms with van der Waals surface area (Å²) in [5.74, 6) is 0.730. The van der Waals surface area contributed by atoms with Crippen LogP contribution in [0.15, 0.2) is 64.5 Å². The van der Waals surface area contributed by atoms with Crippen LogP contribution in [0.1, 0.15) is 17.5 Å². The van der Waals surface area contributed by atoms with Crippen LogP contribution < -0.4 is 10.6 Å². The maximum Gasteiger partial charge on any atom is 0.242 e. The van der Waals surface area contributed by atoms with Crippen LogP contribution in [0.5, 0.6) is 0 Å². The van der Waals surface area contributed by atoms with Crippen molar-refractivity contribution >= 4 is 16.0 Å². The van der Waals surface area contributed by atoms with Crippen molar-refractivity contribution in [2.24, 2.45) is 4.99 Å². The van der Waals surface area contributed by atoms with Crippen molar-refractivity contribution in [1.82, 2.24) is 14.9 Å². The van der Waals surface area contributed by atoms with Crippen LogP contribution in [-0.2, 0) is 23.0 Å². The summed E-state index contributed by atoms with van der Waals surface area (Å²) in [5.41, 5.74) is 2.31. The second-order valence-electron chi connectivity index (χ2n) is 6.37. The second-order valence-corrected chi connectivity index (χ2v) is 8.52. The quantitative estimate of drug-likeness (QED) is 0.413. The van der Waals surface area contributed by atoms with Crippen LogP contribution >= 0.6 is 0 Å². The lowest BCUT2D eigenvalue weighted by Crippen LogP contribution is -2.37. The van der Waals surface area contributed by atoms with Crippen molar-refractivity contribution in [3.05, 3.63) is 65.7 Å². The summed E-state index contributed by atoms with van der Waals surface area (Å²) in [4.78, 5) is 4.51. The van der Waals surface area contributed by atoms with E-state index in [0.717, 1.165) is 30.9 Å².